The number of hydrogen-bond acceptors (Lipinski definition) is 4. The van der Waals surface area contributed by atoms with Crippen molar-refractivity contribution in [1.82, 2.24) is 0 Å². The molecule has 130 valence electrons. The van der Waals surface area contributed by atoms with Crippen LogP contribution < -0.4 is 5.32 Å². The fourth-order valence-electron chi connectivity index (χ4n) is 1.96. The van der Waals surface area contributed by atoms with Gasteiger partial charge in [0.05, 0.1) is 10.6 Å². The van der Waals surface area contributed by atoms with E-state index in [9.17, 15) is 14.4 Å². The zero-order chi connectivity index (χ0) is 18.6. The Morgan fingerprint density at radius 2 is 1.68 bits per heavy atom. The largest absolute Gasteiger partial charge is 0.449 e. The first-order valence-electron chi connectivity index (χ1n) is 7.36. The Balaban J connectivity index is 2.01. The number of anilines is 1. The van der Waals surface area contributed by atoms with Crippen LogP contribution in [0, 0.1) is 0 Å². The molecule has 0 aromatic heterocycles. The van der Waals surface area contributed by atoms with Gasteiger partial charge in [-0.3, -0.25) is 9.59 Å². The lowest BCUT2D eigenvalue weighted by Crippen LogP contribution is -2.30. The van der Waals surface area contributed by atoms with E-state index in [0.29, 0.717) is 16.3 Å². The lowest BCUT2D eigenvalue weighted by molar-refractivity contribution is -0.123. The number of esters is 1. The Bertz CT molecular complexity index is 818. The quantitative estimate of drug-likeness (QED) is 0.617. The van der Waals surface area contributed by atoms with Gasteiger partial charge in [-0.15, -0.1) is 0 Å². The fraction of sp³-hybridized carbons (Fsp3) is 0.167. The normalized spacial score (nSPS) is 11.5. The Kier molecular flexibility index (Phi) is 6.17. The van der Waals surface area contributed by atoms with E-state index in [2.05, 4.69) is 5.32 Å². The molecule has 0 heterocycles. The molecule has 0 saturated heterocycles. The smallest absolute Gasteiger partial charge is 0.340 e. The highest BCUT2D eigenvalue weighted by Crippen LogP contribution is 2.22. The number of nitrogens with one attached hydrogen (secondary N) is 1. The number of carbonyl (C=O) groups is 3. The second-order valence-electron chi connectivity index (χ2n) is 5.29. The number of hydrogen-bond donors (Lipinski definition) is 1. The molecule has 2 aromatic carbocycles. The van der Waals surface area contributed by atoms with Crippen LogP contribution in [0.25, 0.3) is 0 Å². The maximum atomic E-state index is 12.1. The topological polar surface area (TPSA) is 72.5 Å². The number of benzene rings is 2. The molecule has 1 atom stereocenters. The zero-order valence-electron chi connectivity index (χ0n) is 13.5. The molecule has 0 radical (unpaired) electrons. The first-order valence-corrected chi connectivity index (χ1v) is 8.11. The number of ether oxygens (including phenoxy) is 1. The van der Waals surface area contributed by atoms with Gasteiger partial charge >= 0.3 is 5.97 Å². The Labute approximate surface area is 154 Å². The van der Waals surface area contributed by atoms with E-state index in [1.807, 2.05) is 0 Å². The van der Waals surface area contributed by atoms with Gasteiger partial charge in [-0.1, -0.05) is 23.2 Å². The van der Waals surface area contributed by atoms with Gasteiger partial charge in [0.2, 0.25) is 0 Å². The molecule has 7 heteroatoms. The van der Waals surface area contributed by atoms with Gasteiger partial charge in [-0.25, -0.2) is 4.79 Å². The number of ketones is 1. The molecule has 1 amide bonds. The molecule has 1 unspecified atom stereocenters. The van der Waals surface area contributed by atoms with E-state index in [4.69, 9.17) is 27.9 Å². The maximum absolute atomic E-state index is 12.1. The van der Waals surface area contributed by atoms with Gasteiger partial charge in [0.1, 0.15) is 0 Å². The average Bonchev–Trinajstić information content (AvgIpc) is 2.57. The summed E-state index contributed by atoms with van der Waals surface area (Å²) < 4.78 is 5.12. The number of Topliss-reactive ketones (excluding diaryl/α,β-unsaturated/α-hetero) is 1. The minimum Gasteiger partial charge on any atom is -0.449 e. The predicted molar refractivity (Wildman–Crippen MR) is 96.4 cm³/mol. The lowest BCUT2D eigenvalue weighted by atomic mass is 10.1. The lowest BCUT2D eigenvalue weighted by Gasteiger charge is -2.14. The first-order chi connectivity index (χ1) is 11.8. The van der Waals surface area contributed by atoms with Crippen molar-refractivity contribution >= 4 is 46.5 Å². The fourth-order valence-corrected chi connectivity index (χ4v) is 2.33. The molecular formula is C18H15Cl2NO4. The number of carbonyl (C=O) groups excluding carboxylic acids is 3. The zero-order valence-corrected chi connectivity index (χ0v) is 15.0. The van der Waals surface area contributed by atoms with Crippen molar-refractivity contribution < 1.29 is 19.1 Å². The van der Waals surface area contributed by atoms with E-state index in [1.54, 1.807) is 30.3 Å². The molecule has 0 aliphatic rings. The molecule has 0 fully saturated rings. The molecule has 5 nitrogen and oxygen atoms in total. The average molecular weight is 380 g/mol. The summed E-state index contributed by atoms with van der Waals surface area (Å²) in [5, 5.41) is 3.12. The molecule has 2 aromatic rings. The third kappa shape index (κ3) is 5.05. The van der Waals surface area contributed by atoms with Gasteiger partial charge in [0.15, 0.2) is 11.9 Å². The van der Waals surface area contributed by atoms with Gasteiger partial charge in [-0.05, 0) is 56.3 Å². The Morgan fingerprint density at radius 3 is 2.28 bits per heavy atom. The van der Waals surface area contributed by atoms with Crippen LogP contribution in [-0.2, 0) is 9.53 Å². The molecule has 0 saturated carbocycles. The molecule has 1 N–H and O–H groups in total. The summed E-state index contributed by atoms with van der Waals surface area (Å²) in [6.07, 6.45) is -1.05. The summed E-state index contributed by atoms with van der Waals surface area (Å²) in [6, 6.07) is 10.8. The Hall–Kier alpha value is -2.37. The van der Waals surface area contributed by atoms with Crippen LogP contribution >= 0.6 is 23.2 Å². The molecule has 0 bridgehead atoms. The van der Waals surface area contributed by atoms with Crippen molar-refractivity contribution in [2.45, 2.75) is 20.0 Å². The van der Waals surface area contributed by atoms with Crippen molar-refractivity contribution in [3.63, 3.8) is 0 Å². The summed E-state index contributed by atoms with van der Waals surface area (Å²) in [5.74, 6) is -1.33. The van der Waals surface area contributed by atoms with Gasteiger partial charge in [-0.2, -0.15) is 0 Å². The Morgan fingerprint density at radius 1 is 1.04 bits per heavy atom. The highest BCUT2D eigenvalue weighted by Gasteiger charge is 2.21. The standard InChI is InChI=1S/C18H15Cl2NO4/c1-10(22)12-3-6-14(7-4-12)21-17(23)11(2)25-18(24)15-9-13(19)5-8-16(15)20/h3-9,11H,1-2H3,(H,21,23). The predicted octanol–water partition coefficient (Wildman–Crippen LogP) is 4.38. The van der Waals surface area contributed by atoms with Crippen molar-refractivity contribution in [3.05, 3.63) is 63.6 Å². The van der Waals surface area contributed by atoms with Crippen LogP contribution in [0.3, 0.4) is 0 Å². The van der Waals surface area contributed by atoms with Crippen LogP contribution in [0.4, 0.5) is 5.69 Å². The van der Waals surface area contributed by atoms with Crippen LogP contribution in [0.15, 0.2) is 42.5 Å². The molecule has 2 rings (SSSR count). The second kappa shape index (κ2) is 8.14. The molecular weight excluding hydrogens is 365 g/mol. The number of halogens is 2. The third-order valence-corrected chi connectivity index (χ3v) is 3.93. The van der Waals surface area contributed by atoms with Crippen LogP contribution in [0.2, 0.25) is 10.0 Å². The molecule has 0 aliphatic heterocycles. The van der Waals surface area contributed by atoms with Gasteiger partial charge < -0.3 is 10.1 Å². The van der Waals surface area contributed by atoms with E-state index in [1.165, 1.54) is 26.0 Å². The van der Waals surface area contributed by atoms with E-state index in [0.717, 1.165) is 0 Å². The number of rotatable bonds is 5. The highest BCUT2D eigenvalue weighted by molar-refractivity contribution is 6.35. The summed E-state index contributed by atoms with van der Waals surface area (Å²) >= 11 is 11.8. The molecule has 0 spiro atoms. The minimum atomic E-state index is -1.05. The summed E-state index contributed by atoms with van der Waals surface area (Å²) in [5.41, 5.74) is 1.10. The number of amides is 1. The molecule has 25 heavy (non-hydrogen) atoms. The first kappa shape index (κ1) is 19.0. The van der Waals surface area contributed by atoms with Crippen LogP contribution in [0.1, 0.15) is 34.6 Å². The van der Waals surface area contributed by atoms with E-state index in [-0.39, 0.29) is 16.4 Å². The summed E-state index contributed by atoms with van der Waals surface area (Å²) in [7, 11) is 0. The van der Waals surface area contributed by atoms with E-state index >= 15 is 0 Å². The van der Waals surface area contributed by atoms with Crippen LogP contribution in [-0.4, -0.2) is 23.8 Å². The van der Waals surface area contributed by atoms with Crippen molar-refractivity contribution in [2.75, 3.05) is 5.32 Å². The second-order valence-corrected chi connectivity index (χ2v) is 6.14. The van der Waals surface area contributed by atoms with Gasteiger partial charge in [0.25, 0.3) is 5.91 Å². The monoisotopic (exact) mass is 379 g/mol. The van der Waals surface area contributed by atoms with Crippen LogP contribution in [0.5, 0.6) is 0 Å². The molecule has 0 aliphatic carbocycles. The van der Waals surface area contributed by atoms with Crippen molar-refractivity contribution in [1.29, 1.82) is 0 Å². The van der Waals surface area contributed by atoms with Crippen molar-refractivity contribution in [3.8, 4) is 0 Å². The maximum Gasteiger partial charge on any atom is 0.340 e. The van der Waals surface area contributed by atoms with Crippen molar-refractivity contribution in [2.24, 2.45) is 0 Å². The summed E-state index contributed by atoms with van der Waals surface area (Å²) in [4.78, 5) is 35.5. The highest BCUT2D eigenvalue weighted by atomic mass is 35.5. The summed E-state index contributed by atoms with van der Waals surface area (Å²) in [6.45, 7) is 2.89. The van der Waals surface area contributed by atoms with E-state index < -0.39 is 18.0 Å². The SMILES string of the molecule is CC(=O)c1ccc(NC(=O)C(C)OC(=O)c2cc(Cl)ccc2Cl)cc1. The third-order valence-electron chi connectivity index (χ3n) is 3.36. The van der Waals surface area contributed by atoms with Gasteiger partial charge in [0, 0.05) is 16.3 Å². The minimum absolute atomic E-state index is 0.0708.